The lowest BCUT2D eigenvalue weighted by molar-refractivity contribution is 0.568. The Balaban J connectivity index is 1.52. The maximum atomic E-state index is 4.08. The number of pyridine rings is 1. The van der Waals surface area contributed by atoms with Crippen molar-refractivity contribution >= 4 is 0 Å². The summed E-state index contributed by atoms with van der Waals surface area (Å²) in [5.74, 6) is 0. The van der Waals surface area contributed by atoms with Crippen LogP contribution in [0, 0.1) is 0 Å². The van der Waals surface area contributed by atoms with Gasteiger partial charge in [-0.05, 0) is 31.0 Å². The Labute approximate surface area is 102 Å². The monoisotopic (exact) mass is 230 g/mol. The predicted molar refractivity (Wildman–Crippen MR) is 67.4 cm³/mol. The highest BCUT2D eigenvalue weighted by Gasteiger charge is 1.93. The van der Waals surface area contributed by atoms with Gasteiger partial charge in [0.1, 0.15) is 0 Å². The molecule has 0 radical (unpaired) electrons. The summed E-state index contributed by atoms with van der Waals surface area (Å²) in [4.78, 5) is 8.10. The predicted octanol–water partition coefficient (Wildman–Crippen LogP) is 1.85. The summed E-state index contributed by atoms with van der Waals surface area (Å²) in [5.41, 5.74) is 1.24. The van der Waals surface area contributed by atoms with Crippen LogP contribution < -0.4 is 5.32 Å². The van der Waals surface area contributed by atoms with E-state index in [-0.39, 0.29) is 0 Å². The van der Waals surface area contributed by atoms with E-state index in [2.05, 4.69) is 25.9 Å². The van der Waals surface area contributed by atoms with E-state index in [1.807, 2.05) is 31.0 Å². The van der Waals surface area contributed by atoms with E-state index >= 15 is 0 Å². The van der Waals surface area contributed by atoms with Gasteiger partial charge in [0, 0.05) is 37.9 Å². The summed E-state index contributed by atoms with van der Waals surface area (Å²) in [6, 6.07) is 4.06. The number of nitrogens with one attached hydrogen (secondary N) is 1. The number of imidazole rings is 1. The molecule has 2 heterocycles. The summed E-state index contributed by atoms with van der Waals surface area (Å²) in [5, 5.41) is 3.42. The van der Waals surface area contributed by atoms with Gasteiger partial charge in [-0.25, -0.2) is 4.98 Å². The van der Waals surface area contributed by atoms with E-state index in [9.17, 15) is 0 Å². The standard InChI is InChI=1S/C13H18N4/c1(2-8-17-9-7-16-12-17)5-14-10-13-4-3-6-15-11-13/h3-4,6-7,9,11-12,14H,1-2,5,8,10H2. The third-order valence-corrected chi connectivity index (χ3v) is 2.63. The van der Waals surface area contributed by atoms with Crippen LogP contribution in [0.2, 0.25) is 0 Å². The molecule has 17 heavy (non-hydrogen) atoms. The lowest BCUT2D eigenvalue weighted by Gasteiger charge is -2.05. The van der Waals surface area contributed by atoms with Crippen LogP contribution in [0.15, 0.2) is 43.2 Å². The molecule has 0 aliphatic carbocycles. The van der Waals surface area contributed by atoms with Gasteiger partial charge in [0.15, 0.2) is 0 Å². The van der Waals surface area contributed by atoms with Crippen molar-refractivity contribution in [2.75, 3.05) is 6.54 Å². The van der Waals surface area contributed by atoms with Crippen LogP contribution in [0.3, 0.4) is 0 Å². The summed E-state index contributed by atoms with van der Waals surface area (Å²) in [6.07, 6.45) is 11.7. The van der Waals surface area contributed by atoms with Gasteiger partial charge in [0.25, 0.3) is 0 Å². The number of aryl methyl sites for hydroxylation is 1. The molecule has 0 unspecified atom stereocenters. The Bertz CT molecular complexity index is 397. The highest BCUT2D eigenvalue weighted by Crippen LogP contribution is 1.96. The molecule has 0 atom stereocenters. The lowest BCUT2D eigenvalue weighted by Crippen LogP contribution is -2.15. The number of unbranched alkanes of at least 4 members (excludes halogenated alkanes) is 1. The Kier molecular flexibility index (Phi) is 4.72. The molecule has 1 N–H and O–H groups in total. The fourth-order valence-electron chi connectivity index (χ4n) is 1.70. The van der Waals surface area contributed by atoms with Crippen LogP contribution in [0.25, 0.3) is 0 Å². The van der Waals surface area contributed by atoms with Crippen molar-refractivity contribution in [2.24, 2.45) is 0 Å². The van der Waals surface area contributed by atoms with Crippen LogP contribution in [0.5, 0.6) is 0 Å². The van der Waals surface area contributed by atoms with E-state index in [0.29, 0.717) is 0 Å². The van der Waals surface area contributed by atoms with Crippen LogP contribution in [0.4, 0.5) is 0 Å². The quantitative estimate of drug-likeness (QED) is 0.738. The maximum Gasteiger partial charge on any atom is 0.0945 e. The number of aromatic nitrogens is 3. The van der Waals surface area contributed by atoms with Crippen molar-refractivity contribution in [3.05, 3.63) is 48.8 Å². The molecule has 0 amide bonds. The SMILES string of the molecule is c1cncc(CNCCCCn2ccnc2)c1. The Hall–Kier alpha value is -1.68. The number of rotatable bonds is 7. The summed E-state index contributed by atoms with van der Waals surface area (Å²) < 4.78 is 2.11. The van der Waals surface area contributed by atoms with Crippen LogP contribution in [-0.2, 0) is 13.1 Å². The van der Waals surface area contributed by atoms with E-state index in [1.54, 1.807) is 6.20 Å². The fourth-order valence-corrected chi connectivity index (χ4v) is 1.70. The maximum absolute atomic E-state index is 4.08. The summed E-state index contributed by atoms with van der Waals surface area (Å²) in [7, 11) is 0. The minimum absolute atomic E-state index is 0.902. The third-order valence-electron chi connectivity index (χ3n) is 2.63. The van der Waals surface area contributed by atoms with Crippen molar-refractivity contribution in [3.8, 4) is 0 Å². The van der Waals surface area contributed by atoms with Crippen molar-refractivity contribution < 1.29 is 0 Å². The molecule has 0 bridgehead atoms. The first-order valence-corrected chi connectivity index (χ1v) is 6.00. The molecule has 0 aliphatic heterocycles. The number of hydrogen-bond donors (Lipinski definition) is 1. The van der Waals surface area contributed by atoms with Gasteiger partial charge < -0.3 is 9.88 Å². The molecular formula is C13H18N4. The zero-order chi connectivity index (χ0) is 11.8. The van der Waals surface area contributed by atoms with E-state index < -0.39 is 0 Å². The van der Waals surface area contributed by atoms with E-state index in [1.165, 1.54) is 18.4 Å². The zero-order valence-corrected chi connectivity index (χ0v) is 9.92. The average molecular weight is 230 g/mol. The van der Waals surface area contributed by atoms with Gasteiger partial charge in [0.05, 0.1) is 6.33 Å². The lowest BCUT2D eigenvalue weighted by atomic mass is 10.2. The molecule has 0 saturated heterocycles. The second-order valence-corrected chi connectivity index (χ2v) is 4.05. The molecule has 2 rings (SSSR count). The normalized spacial score (nSPS) is 10.6. The van der Waals surface area contributed by atoms with Gasteiger partial charge in [-0.2, -0.15) is 0 Å². The minimum Gasteiger partial charge on any atom is -0.337 e. The Morgan fingerprint density at radius 2 is 2.18 bits per heavy atom. The highest BCUT2D eigenvalue weighted by atomic mass is 15.0. The third kappa shape index (κ3) is 4.36. The van der Waals surface area contributed by atoms with Gasteiger partial charge in [0.2, 0.25) is 0 Å². The second kappa shape index (κ2) is 6.81. The molecule has 4 nitrogen and oxygen atoms in total. The molecule has 90 valence electrons. The summed E-state index contributed by atoms with van der Waals surface area (Å²) >= 11 is 0. The Morgan fingerprint density at radius 3 is 2.94 bits per heavy atom. The fraction of sp³-hybridized carbons (Fsp3) is 0.385. The average Bonchev–Trinajstić information content (AvgIpc) is 2.88. The molecule has 0 aromatic carbocycles. The van der Waals surface area contributed by atoms with Crippen molar-refractivity contribution in [2.45, 2.75) is 25.9 Å². The van der Waals surface area contributed by atoms with Gasteiger partial charge in [-0.15, -0.1) is 0 Å². The van der Waals surface area contributed by atoms with Gasteiger partial charge in [-0.1, -0.05) is 6.07 Å². The topological polar surface area (TPSA) is 42.7 Å². The number of nitrogens with zero attached hydrogens (tertiary/aromatic N) is 3. The molecular weight excluding hydrogens is 212 g/mol. The van der Waals surface area contributed by atoms with Crippen molar-refractivity contribution in [3.63, 3.8) is 0 Å². The van der Waals surface area contributed by atoms with Gasteiger partial charge >= 0.3 is 0 Å². The highest BCUT2D eigenvalue weighted by molar-refractivity contribution is 5.07. The smallest absolute Gasteiger partial charge is 0.0945 e. The largest absolute Gasteiger partial charge is 0.337 e. The van der Waals surface area contributed by atoms with Crippen molar-refractivity contribution in [1.29, 1.82) is 0 Å². The molecule has 2 aromatic rings. The number of hydrogen-bond acceptors (Lipinski definition) is 3. The molecule has 4 heteroatoms. The van der Waals surface area contributed by atoms with Gasteiger partial charge in [-0.3, -0.25) is 4.98 Å². The van der Waals surface area contributed by atoms with Crippen molar-refractivity contribution in [1.82, 2.24) is 19.9 Å². The molecule has 0 saturated carbocycles. The molecule has 0 aliphatic rings. The molecule has 0 spiro atoms. The van der Waals surface area contributed by atoms with Crippen LogP contribution in [-0.4, -0.2) is 21.1 Å². The van der Waals surface area contributed by atoms with Crippen LogP contribution in [0.1, 0.15) is 18.4 Å². The molecule has 2 aromatic heterocycles. The zero-order valence-electron chi connectivity index (χ0n) is 9.92. The molecule has 0 fully saturated rings. The first kappa shape index (κ1) is 11.8. The van der Waals surface area contributed by atoms with Crippen LogP contribution >= 0.6 is 0 Å². The minimum atomic E-state index is 0.902. The first-order valence-electron chi connectivity index (χ1n) is 6.00. The summed E-state index contributed by atoms with van der Waals surface area (Å²) in [6.45, 7) is 3.00. The second-order valence-electron chi connectivity index (χ2n) is 4.05. The first-order chi connectivity index (χ1) is 8.45. The Morgan fingerprint density at radius 1 is 1.18 bits per heavy atom. The van der Waals surface area contributed by atoms with E-state index in [4.69, 9.17) is 0 Å². The van der Waals surface area contributed by atoms with E-state index in [0.717, 1.165) is 19.6 Å².